The summed E-state index contributed by atoms with van der Waals surface area (Å²) in [6, 6.07) is 5.95. The van der Waals surface area contributed by atoms with E-state index in [1.165, 1.54) is 43.3 Å². The number of sulfone groups is 1. The van der Waals surface area contributed by atoms with Crippen LogP contribution in [-0.2, 0) is 14.6 Å². The van der Waals surface area contributed by atoms with Crippen LogP contribution in [0.2, 0.25) is 0 Å². The van der Waals surface area contributed by atoms with Crippen molar-refractivity contribution in [3.63, 3.8) is 0 Å². The maximum absolute atomic E-state index is 12.3. The molecule has 2 amide bonds. The van der Waals surface area contributed by atoms with Gasteiger partial charge in [-0.1, -0.05) is 0 Å². The molecule has 0 saturated carbocycles. The van der Waals surface area contributed by atoms with E-state index in [9.17, 15) is 18.0 Å². The van der Waals surface area contributed by atoms with Crippen LogP contribution in [0.25, 0.3) is 0 Å². The summed E-state index contributed by atoms with van der Waals surface area (Å²) in [5.41, 5.74) is 0.399. The Morgan fingerprint density at radius 3 is 2.44 bits per heavy atom. The maximum atomic E-state index is 12.3. The van der Waals surface area contributed by atoms with Gasteiger partial charge in [-0.25, -0.2) is 8.42 Å². The van der Waals surface area contributed by atoms with E-state index >= 15 is 0 Å². The lowest BCUT2D eigenvalue weighted by atomic mass is 9.99. The third kappa shape index (κ3) is 5.02. The van der Waals surface area contributed by atoms with Crippen LogP contribution in [0.15, 0.2) is 29.2 Å². The summed E-state index contributed by atoms with van der Waals surface area (Å²) in [6.07, 6.45) is 1.92. The van der Waals surface area contributed by atoms with Gasteiger partial charge in [-0.3, -0.25) is 9.59 Å². The van der Waals surface area contributed by atoms with Gasteiger partial charge in [0.25, 0.3) is 5.91 Å². The van der Waals surface area contributed by atoms with Crippen molar-refractivity contribution in [3.8, 4) is 0 Å². The fourth-order valence-electron chi connectivity index (χ4n) is 2.68. The Balaban J connectivity index is 2.06. The molecule has 1 aliphatic rings. The highest BCUT2D eigenvalue weighted by Gasteiger charge is 2.24. The number of hydrogen-bond acceptors (Lipinski definition) is 5. The standard InChI is InChI=1S/C17H25N3O4S/c1-12-15(5-4-10-18-12)19-17(22)13-6-8-14(9-7-13)25(23,24)11-16(21)20(2)3/h6-9,12,15,18H,4-5,10-11H2,1-3H3,(H,19,22). The van der Waals surface area contributed by atoms with Gasteiger partial charge in [-0.05, 0) is 50.6 Å². The van der Waals surface area contributed by atoms with Crippen molar-refractivity contribution in [3.05, 3.63) is 29.8 Å². The highest BCUT2D eigenvalue weighted by atomic mass is 32.2. The summed E-state index contributed by atoms with van der Waals surface area (Å²) in [7, 11) is -0.703. The molecule has 25 heavy (non-hydrogen) atoms. The first-order valence-corrected chi connectivity index (χ1v) is 9.93. The van der Waals surface area contributed by atoms with Crippen LogP contribution in [0, 0.1) is 0 Å². The highest BCUT2D eigenvalue weighted by Crippen LogP contribution is 2.14. The number of benzene rings is 1. The molecular formula is C17H25N3O4S. The second kappa shape index (κ2) is 7.97. The van der Waals surface area contributed by atoms with Crippen molar-refractivity contribution < 1.29 is 18.0 Å². The first kappa shape index (κ1) is 19.4. The van der Waals surface area contributed by atoms with Crippen LogP contribution in [0.1, 0.15) is 30.1 Å². The van der Waals surface area contributed by atoms with Crippen LogP contribution in [0.3, 0.4) is 0 Å². The van der Waals surface area contributed by atoms with Gasteiger partial charge in [0, 0.05) is 31.7 Å². The van der Waals surface area contributed by atoms with Crippen molar-refractivity contribution in [2.45, 2.75) is 36.7 Å². The molecule has 8 heteroatoms. The molecule has 138 valence electrons. The monoisotopic (exact) mass is 367 g/mol. The van der Waals surface area contributed by atoms with E-state index in [0.29, 0.717) is 5.56 Å². The Morgan fingerprint density at radius 1 is 1.24 bits per heavy atom. The molecule has 2 rings (SSSR count). The van der Waals surface area contributed by atoms with E-state index in [4.69, 9.17) is 0 Å². The quantitative estimate of drug-likeness (QED) is 0.786. The highest BCUT2D eigenvalue weighted by molar-refractivity contribution is 7.92. The van der Waals surface area contributed by atoms with Gasteiger partial charge >= 0.3 is 0 Å². The van der Waals surface area contributed by atoms with E-state index in [2.05, 4.69) is 10.6 Å². The average molecular weight is 367 g/mol. The average Bonchev–Trinajstić information content (AvgIpc) is 2.56. The molecule has 1 heterocycles. The molecule has 0 spiro atoms. The topological polar surface area (TPSA) is 95.6 Å². The SMILES string of the molecule is CC1NCCCC1NC(=O)c1ccc(S(=O)(=O)CC(=O)N(C)C)cc1. The second-order valence-electron chi connectivity index (χ2n) is 6.54. The van der Waals surface area contributed by atoms with Gasteiger partial charge in [0.15, 0.2) is 9.84 Å². The summed E-state index contributed by atoms with van der Waals surface area (Å²) < 4.78 is 24.5. The Hall–Kier alpha value is -1.93. The smallest absolute Gasteiger partial charge is 0.251 e. The van der Waals surface area contributed by atoms with Gasteiger partial charge < -0.3 is 15.5 Å². The number of piperidine rings is 1. The van der Waals surface area contributed by atoms with Crippen molar-refractivity contribution >= 4 is 21.7 Å². The molecule has 2 atom stereocenters. The second-order valence-corrected chi connectivity index (χ2v) is 8.53. The van der Waals surface area contributed by atoms with Crippen molar-refractivity contribution in [2.24, 2.45) is 0 Å². The minimum atomic E-state index is -3.72. The molecule has 0 bridgehead atoms. The number of carbonyl (C=O) groups excluding carboxylic acids is 2. The van der Waals surface area contributed by atoms with Gasteiger partial charge in [-0.15, -0.1) is 0 Å². The zero-order valence-electron chi connectivity index (χ0n) is 14.8. The number of nitrogens with one attached hydrogen (secondary N) is 2. The molecule has 1 aromatic rings. The Bertz CT molecular complexity index is 729. The van der Waals surface area contributed by atoms with Crippen LogP contribution in [0.5, 0.6) is 0 Å². The van der Waals surface area contributed by atoms with Gasteiger partial charge in [0.05, 0.1) is 4.90 Å². The summed E-state index contributed by atoms with van der Waals surface area (Å²) >= 11 is 0. The van der Waals surface area contributed by atoms with Gasteiger partial charge in [0.2, 0.25) is 5.91 Å². The lowest BCUT2D eigenvalue weighted by molar-refractivity contribution is -0.125. The van der Waals surface area contributed by atoms with Crippen LogP contribution >= 0.6 is 0 Å². The zero-order valence-corrected chi connectivity index (χ0v) is 15.6. The Morgan fingerprint density at radius 2 is 1.88 bits per heavy atom. The van der Waals surface area contributed by atoms with Crippen molar-refractivity contribution in [1.82, 2.24) is 15.5 Å². The lowest BCUT2D eigenvalue weighted by Crippen LogP contribution is -2.51. The summed E-state index contributed by atoms with van der Waals surface area (Å²) in [6.45, 7) is 2.98. The molecule has 1 aliphatic heterocycles. The summed E-state index contributed by atoms with van der Waals surface area (Å²) in [5, 5.41) is 6.29. The van der Waals surface area contributed by atoms with E-state index in [0.717, 1.165) is 19.4 Å². The minimum absolute atomic E-state index is 0.0342. The van der Waals surface area contributed by atoms with E-state index in [-0.39, 0.29) is 22.9 Å². The molecule has 0 aliphatic carbocycles. The molecule has 2 N–H and O–H groups in total. The summed E-state index contributed by atoms with van der Waals surface area (Å²) in [4.78, 5) is 25.2. The molecule has 7 nitrogen and oxygen atoms in total. The predicted molar refractivity (Wildman–Crippen MR) is 95.1 cm³/mol. The van der Waals surface area contributed by atoms with Crippen LogP contribution < -0.4 is 10.6 Å². The normalized spacial score (nSPS) is 20.8. The fourth-order valence-corrected chi connectivity index (χ4v) is 3.98. The van der Waals surface area contributed by atoms with E-state index in [1.54, 1.807) is 0 Å². The fraction of sp³-hybridized carbons (Fsp3) is 0.529. The minimum Gasteiger partial charge on any atom is -0.348 e. The Labute approximate surface area is 148 Å². The van der Waals surface area contributed by atoms with Gasteiger partial charge in [0.1, 0.15) is 5.75 Å². The number of carbonyl (C=O) groups is 2. The largest absolute Gasteiger partial charge is 0.348 e. The molecule has 0 aromatic heterocycles. The molecule has 0 radical (unpaired) electrons. The van der Waals surface area contributed by atoms with E-state index < -0.39 is 21.5 Å². The third-order valence-corrected chi connectivity index (χ3v) is 5.98. The predicted octanol–water partition coefficient (Wildman–Crippen LogP) is 0.419. The number of hydrogen-bond donors (Lipinski definition) is 2. The number of nitrogens with zero attached hydrogens (tertiary/aromatic N) is 1. The first-order valence-electron chi connectivity index (χ1n) is 8.28. The molecule has 1 saturated heterocycles. The Kier molecular flexibility index (Phi) is 6.18. The molecular weight excluding hydrogens is 342 g/mol. The number of amides is 2. The zero-order chi connectivity index (χ0) is 18.6. The van der Waals surface area contributed by atoms with E-state index in [1.807, 2.05) is 6.92 Å². The molecule has 2 unspecified atom stereocenters. The van der Waals surface area contributed by atoms with Crippen molar-refractivity contribution in [2.75, 3.05) is 26.4 Å². The summed E-state index contributed by atoms with van der Waals surface area (Å²) in [5.74, 6) is -1.30. The van der Waals surface area contributed by atoms with Gasteiger partial charge in [-0.2, -0.15) is 0 Å². The van der Waals surface area contributed by atoms with Crippen LogP contribution in [-0.4, -0.2) is 63.6 Å². The number of rotatable bonds is 5. The third-order valence-electron chi connectivity index (χ3n) is 4.37. The lowest BCUT2D eigenvalue weighted by Gasteiger charge is -2.30. The molecule has 1 aromatic carbocycles. The molecule has 1 fully saturated rings. The van der Waals surface area contributed by atoms with Crippen LogP contribution in [0.4, 0.5) is 0 Å². The first-order chi connectivity index (χ1) is 11.7. The van der Waals surface area contributed by atoms with Crippen molar-refractivity contribution in [1.29, 1.82) is 0 Å². The maximum Gasteiger partial charge on any atom is 0.251 e.